The molecule has 2 heterocycles. The van der Waals surface area contributed by atoms with Crippen molar-refractivity contribution in [2.45, 2.75) is 44.4 Å². The number of aromatic nitrogens is 2. The van der Waals surface area contributed by atoms with Crippen LogP contribution in [-0.2, 0) is 4.79 Å². The lowest BCUT2D eigenvalue weighted by Gasteiger charge is -2.40. The number of alkyl halides is 3. The lowest BCUT2D eigenvalue weighted by atomic mass is 9.89. The number of amides is 1. The van der Waals surface area contributed by atoms with Crippen LogP contribution in [-0.4, -0.2) is 47.2 Å². The zero-order valence-corrected chi connectivity index (χ0v) is 17.1. The Morgan fingerprint density at radius 3 is 2.45 bits per heavy atom. The molecule has 4 rings (SSSR count). The number of hydrogen-bond donors (Lipinski definition) is 2. The van der Waals surface area contributed by atoms with Crippen molar-refractivity contribution in [3.63, 3.8) is 0 Å². The van der Waals surface area contributed by atoms with E-state index in [1.165, 1.54) is 0 Å². The molecular weight excluding hydrogens is 409 g/mol. The normalized spacial score (nSPS) is 22.4. The maximum atomic E-state index is 12.8. The highest BCUT2D eigenvalue weighted by atomic mass is 19.4. The van der Waals surface area contributed by atoms with Gasteiger partial charge in [-0.25, -0.2) is 5.26 Å². The number of piperidine rings is 1. The summed E-state index contributed by atoms with van der Waals surface area (Å²) in [4.78, 5) is 23.1. The Labute approximate surface area is 178 Å². The number of hydrogen-bond acceptors (Lipinski definition) is 6. The number of carbonyl (C=O) groups is 1. The standard InChI is InChI=1S/C20H24F3N5O.CHN/c1-11-2-5-15(17-16(11)25-6-7-26-17)28-9-13(12-3-4-12)8-14(10-28)27-19(29)18(24)20(21,22)23;1-2/h2,5-7,12-14,18H,3-4,8-10,24H2,1H3,(H,27,29);1H. The fraction of sp³-hybridized carbons (Fsp3) is 0.524. The molecule has 3 N–H and O–H groups in total. The molecule has 3 unspecified atom stereocenters. The molecule has 0 spiro atoms. The van der Waals surface area contributed by atoms with Gasteiger partial charge in [-0.1, -0.05) is 6.07 Å². The van der Waals surface area contributed by atoms with Crippen LogP contribution < -0.4 is 16.0 Å². The first-order valence-corrected chi connectivity index (χ1v) is 10.1. The Balaban J connectivity index is 0.00000132. The number of nitriles is 1. The summed E-state index contributed by atoms with van der Waals surface area (Å²) in [6, 6.07) is 1.04. The molecule has 7 nitrogen and oxygen atoms in total. The van der Waals surface area contributed by atoms with Crippen LogP contribution in [0.5, 0.6) is 0 Å². The van der Waals surface area contributed by atoms with Crippen LogP contribution in [0.15, 0.2) is 24.5 Å². The second kappa shape index (κ2) is 9.06. The molecule has 10 heteroatoms. The zero-order chi connectivity index (χ0) is 22.8. The van der Waals surface area contributed by atoms with Gasteiger partial charge < -0.3 is 16.0 Å². The maximum absolute atomic E-state index is 12.8. The second-order valence-electron chi connectivity index (χ2n) is 8.12. The topological polar surface area (TPSA) is 108 Å². The summed E-state index contributed by atoms with van der Waals surface area (Å²) in [6.45, 7) is 6.66. The van der Waals surface area contributed by atoms with Crippen molar-refractivity contribution in [2.75, 3.05) is 18.0 Å². The summed E-state index contributed by atoms with van der Waals surface area (Å²) in [7, 11) is 0. The van der Waals surface area contributed by atoms with Crippen molar-refractivity contribution in [2.24, 2.45) is 17.6 Å². The number of nitrogens with zero attached hydrogens (tertiary/aromatic N) is 4. The van der Waals surface area contributed by atoms with Crippen molar-refractivity contribution in [1.82, 2.24) is 15.3 Å². The highest BCUT2D eigenvalue weighted by Gasteiger charge is 2.44. The molecule has 1 aromatic carbocycles. The van der Waals surface area contributed by atoms with Gasteiger partial charge in [0.1, 0.15) is 5.52 Å². The van der Waals surface area contributed by atoms with Gasteiger partial charge in [0.05, 0.1) is 11.2 Å². The number of rotatable bonds is 4. The number of nitrogens with two attached hydrogens (primary N) is 1. The van der Waals surface area contributed by atoms with E-state index in [1.54, 1.807) is 12.4 Å². The van der Waals surface area contributed by atoms with E-state index < -0.39 is 24.2 Å². The molecule has 166 valence electrons. The van der Waals surface area contributed by atoms with Crippen LogP contribution >= 0.6 is 0 Å². The van der Waals surface area contributed by atoms with Crippen LogP contribution in [0.1, 0.15) is 24.8 Å². The summed E-state index contributed by atoms with van der Waals surface area (Å²) in [6.07, 6.45) is 1.43. The predicted octanol–water partition coefficient (Wildman–Crippen LogP) is 2.69. The van der Waals surface area contributed by atoms with Crippen LogP contribution in [0.25, 0.3) is 11.0 Å². The van der Waals surface area contributed by atoms with E-state index in [2.05, 4.69) is 26.8 Å². The van der Waals surface area contributed by atoms with E-state index >= 15 is 0 Å². The lowest BCUT2D eigenvalue weighted by Crippen LogP contribution is -2.57. The van der Waals surface area contributed by atoms with E-state index in [-0.39, 0.29) is 0 Å². The summed E-state index contributed by atoms with van der Waals surface area (Å²) < 4.78 is 38.4. The van der Waals surface area contributed by atoms with Gasteiger partial charge in [-0.2, -0.15) is 13.2 Å². The fourth-order valence-corrected chi connectivity index (χ4v) is 4.22. The van der Waals surface area contributed by atoms with Gasteiger partial charge in [0.15, 0.2) is 6.04 Å². The van der Waals surface area contributed by atoms with Crippen LogP contribution in [0.4, 0.5) is 18.9 Å². The summed E-state index contributed by atoms with van der Waals surface area (Å²) >= 11 is 0. The Morgan fingerprint density at radius 2 is 1.84 bits per heavy atom. The maximum Gasteiger partial charge on any atom is 0.412 e. The minimum absolute atomic E-state index is 0.309. The molecule has 1 amide bonds. The van der Waals surface area contributed by atoms with Crippen molar-refractivity contribution in [1.29, 1.82) is 5.26 Å². The third-order valence-electron chi connectivity index (χ3n) is 5.90. The number of halogens is 3. The van der Waals surface area contributed by atoms with Gasteiger partial charge in [0, 0.05) is 38.1 Å². The van der Waals surface area contributed by atoms with Crippen molar-refractivity contribution in [3.05, 3.63) is 30.1 Å². The monoisotopic (exact) mass is 434 g/mol. The van der Waals surface area contributed by atoms with Gasteiger partial charge in [0.2, 0.25) is 5.91 Å². The molecule has 0 radical (unpaired) electrons. The molecule has 2 aliphatic rings. The second-order valence-corrected chi connectivity index (χ2v) is 8.12. The fourth-order valence-electron chi connectivity index (χ4n) is 4.22. The minimum atomic E-state index is -4.75. The van der Waals surface area contributed by atoms with Crippen molar-refractivity contribution in [3.8, 4) is 6.57 Å². The molecule has 1 saturated carbocycles. The van der Waals surface area contributed by atoms with Gasteiger partial charge in [-0.15, -0.1) is 0 Å². The lowest BCUT2D eigenvalue weighted by molar-refractivity contribution is -0.163. The molecule has 1 aliphatic carbocycles. The zero-order valence-electron chi connectivity index (χ0n) is 17.1. The summed E-state index contributed by atoms with van der Waals surface area (Å²) in [5, 5.41) is 9.04. The Hall–Kier alpha value is -2.93. The predicted molar refractivity (Wildman–Crippen MR) is 110 cm³/mol. The SMILES string of the molecule is C#N.Cc1ccc(N2CC(NC(=O)C(N)C(F)(F)F)CC(C3CC3)C2)c2nccnc12. The smallest absolute Gasteiger partial charge is 0.367 e. The molecule has 1 aliphatic heterocycles. The average Bonchev–Trinajstić information content (AvgIpc) is 3.60. The number of nitrogens with one attached hydrogen (secondary N) is 1. The highest BCUT2D eigenvalue weighted by molar-refractivity contribution is 5.90. The number of anilines is 1. The molecule has 3 atom stereocenters. The first kappa shape index (κ1) is 22.7. The molecule has 1 saturated heterocycles. The third kappa shape index (κ3) is 5.05. The third-order valence-corrected chi connectivity index (χ3v) is 5.90. The molecule has 31 heavy (non-hydrogen) atoms. The average molecular weight is 434 g/mol. The number of aryl methyl sites for hydroxylation is 1. The minimum Gasteiger partial charge on any atom is -0.367 e. The van der Waals surface area contributed by atoms with E-state index in [9.17, 15) is 18.0 Å². The molecule has 2 fully saturated rings. The molecule has 2 aromatic rings. The van der Waals surface area contributed by atoms with Gasteiger partial charge in [-0.05, 0) is 49.7 Å². The van der Waals surface area contributed by atoms with Crippen LogP contribution in [0, 0.1) is 30.6 Å². The number of benzene rings is 1. The summed E-state index contributed by atoms with van der Waals surface area (Å²) in [5.41, 5.74) is 8.55. The number of carbonyl (C=O) groups excluding carboxylic acids is 1. The molecular formula is C21H25F3N6O. The van der Waals surface area contributed by atoms with Gasteiger partial charge >= 0.3 is 6.18 Å². The number of fused-ring (bicyclic) bond motifs is 1. The van der Waals surface area contributed by atoms with Crippen LogP contribution in [0.3, 0.4) is 0 Å². The molecule has 1 aromatic heterocycles. The largest absolute Gasteiger partial charge is 0.412 e. The van der Waals surface area contributed by atoms with E-state index in [0.29, 0.717) is 24.8 Å². The van der Waals surface area contributed by atoms with E-state index in [0.717, 1.165) is 41.7 Å². The van der Waals surface area contributed by atoms with Crippen molar-refractivity contribution >= 4 is 22.6 Å². The molecule has 0 bridgehead atoms. The van der Waals surface area contributed by atoms with Crippen molar-refractivity contribution < 1.29 is 18.0 Å². The Morgan fingerprint density at radius 1 is 1.19 bits per heavy atom. The highest BCUT2D eigenvalue weighted by Crippen LogP contribution is 2.42. The van der Waals surface area contributed by atoms with E-state index in [1.807, 2.05) is 19.1 Å². The van der Waals surface area contributed by atoms with Crippen LogP contribution in [0.2, 0.25) is 0 Å². The van der Waals surface area contributed by atoms with Gasteiger partial charge in [0.25, 0.3) is 0 Å². The Kier molecular flexibility index (Phi) is 6.65. The quantitative estimate of drug-likeness (QED) is 0.766. The Bertz CT molecular complexity index is 959. The first-order chi connectivity index (χ1) is 14.7. The first-order valence-electron chi connectivity index (χ1n) is 10.1. The van der Waals surface area contributed by atoms with Gasteiger partial charge in [-0.3, -0.25) is 14.8 Å². The summed E-state index contributed by atoms with van der Waals surface area (Å²) in [5.74, 6) is -0.312. The van der Waals surface area contributed by atoms with E-state index in [4.69, 9.17) is 11.0 Å².